The van der Waals surface area contributed by atoms with Crippen LogP contribution in [0.4, 0.5) is 5.69 Å². The number of piperidine rings is 1. The molecule has 3 fully saturated rings. The van der Waals surface area contributed by atoms with E-state index in [1.165, 1.54) is 25.7 Å². The quantitative estimate of drug-likeness (QED) is 0.820. The highest BCUT2D eigenvalue weighted by Gasteiger charge is 2.35. The lowest BCUT2D eigenvalue weighted by Gasteiger charge is -2.37. The second-order valence-electron chi connectivity index (χ2n) is 7.72. The highest BCUT2D eigenvalue weighted by Crippen LogP contribution is 2.33. The molecular weight excluding hydrogens is 385 g/mol. The predicted octanol–water partition coefficient (Wildman–Crippen LogP) is 3.11. The Morgan fingerprint density at radius 3 is 2.33 bits per heavy atom. The Labute approximate surface area is 174 Å². The first-order chi connectivity index (χ1) is 12.2. The molecule has 3 aliphatic heterocycles. The molecule has 2 unspecified atom stereocenters. The molecule has 3 aliphatic rings. The van der Waals surface area contributed by atoms with E-state index in [1.807, 2.05) is 18.2 Å². The van der Waals surface area contributed by atoms with E-state index in [1.54, 1.807) is 7.11 Å². The van der Waals surface area contributed by atoms with Crippen molar-refractivity contribution in [1.82, 2.24) is 10.2 Å². The predicted molar refractivity (Wildman–Crippen MR) is 114 cm³/mol. The number of halogens is 2. The number of para-hydroxylation sites is 2. The van der Waals surface area contributed by atoms with E-state index >= 15 is 0 Å². The summed E-state index contributed by atoms with van der Waals surface area (Å²) in [4.78, 5) is 17.1. The number of piperazine rings is 1. The van der Waals surface area contributed by atoms with Gasteiger partial charge in [0.2, 0.25) is 5.91 Å². The molecule has 1 aromatic carbocycles. The Morgan fingerprint density at radius 2 is 1.70 bits per heavy atom. The van der Waals surface area contributed by atoms with Crippen molar-refractivity contribution in [3.63, 3.8) is 0 Å². The first-order valence-electron chi connectivity index (χ1n) is 9.64. The minimum absolute atomic E-state index is 0. The molecule has 0 aromatic heterocycles. The normalized spacial score (nSPS) is 26.8. The molecule has 1 amide bonds. The summed E-state index contributed by atoms with van der Waals surface area (Å²) in [5.41, 5.74) is 1.13. The Balaban J connectivity index is 0.00000131. The van der Waals surface area contributed by atoms with Gasteiger partial charge in [0, 0.05) is 44.7 Å². The molecule has 7 heteroatoms. The van der Waals surface area contributed by atoms with E-state index in [2.05, 4.69) is 21.2 Å². The van der Waals surface area contributed by atoms with Gasteiger partial charge in [0.25, 0.3) is 0 Å². The molecule has 0 aliphatic carbocycles. The van der Waals surface area contributed by atoms with Gasteiger partial charge in [-0.15, -0.1) is 24.8 Å². The number of benzene rings is 1. The maximum Gasteiger partial charge on any atom is 0.222 e. The van der Waals surface area contributed by atoms with Crippen LogP contribution in [0.3, 0.4) is 0 Å². The molecule has 1 N–H and O–H groups in total. The maximum atomic E-state index is 12.7. The number of hydrogen-bond donors (Lipinski definition) is 1. The zero-order valence-electron chi connectivity index (χ0n) is 15.9. The first kappa shape index (κ1) is 22.1. The van der Waals surface area contributed by atoms with Gasteiger partial charge in [-0.1, -0.05) is 12.1 Å². The number of methoxy groups -OCH3 is 1. The number of anilines is 1. The fourth-order valence-corrected chi connectivity index (χ4v) is 4.81. The summed E-state index contributed by atoms with van der Waals surface area (Å²) in [6.07, 6.45) is 5.70. The smallest absolute Gasteiger partial charge is 0.222 e. The standard InChI is InChI=1S/C20H29N3O2.2ClH/c1-25-19-5-3-2-4-18(19)22-8-10-23(11-9-22)20(24)14-15-12-16-6-7-17(13-15)21-16;;/h2-5,15-17,21H,6-14H2,1H3;2*1H. The van der Waals surface area contributed by atoms with E-state index in [4.69, 9.17) is 4.74 Å². The van der Waals surface area contributed by atoms with Crippen LogP contribution in [0.25, 0.3) is 0 Å². The third-order valence-electron chi connectivity index (χ3n) is 6.09. The molecule has 2 atom stereocenters. The monoisotopic (exact) mass is 415 g/mol. The molecule has 0 radical (unpaired) electrons. The number of amides is 1. The van der Waals surface area contributed by atoms with Gasteiger partial charge in [-0.3, -0.25) is 4.79 Å². The molecule has 27 heavy (non-hydrogen) atoms. The topological polar surface area (TPSA) is 44.8 Å². The van der Waals surface area contributed by atoms with Crippen molar-refractivity contribution in [3.8, 4) is 5.75 Å². The Kier molecular flexibility index (Phi) is 8.07. The fraction of sp³-hybridized carbons (Fsp3) is 0.650. The Morgan fingerprint density at radius 1 is 1.07 bits per heavy atom. The summed E-state index contributed by atoms with van der Waals surface area (Å²) in [6.45, 7) is 3.39. The molecule has 3 saturated heterocycles. The fourth-order valence-electron chi connectivity index (χ4n) is 4.81. The summed E-state index contributed by atoms with van der Waals surface area (Å²) in [6, 6.07) is 9.46. The van der Waals surface area contributed by atoms with Crippen LogP contribution in [0.5, 0.6) is 5.75 Å². The number of hydrogen-bond acceptors (Lipinski definition) is 4. The van der Waals surface area contributed by atoms with E-state index in [0.29, 0.717) is 23.9 Å². The lowest BCUT2D eigenvalue weighted by Crippen LogP contribution is -2.49. The Hall–Kier alpha value is -1.17. The zero-order valence-corrected chi connectivity index (χ0v) is 17.6. The molecule has 2 bridgehead atoms. The molecule has 152 valence electrons. The van der Waals surface area contributed by atoms with Crippen molar-refractivity contribution >= 4 is 36.4 Å². The summed E-state index contributed by atoms with van der Waals surface area (Å²) in [5, 5.41) is 3.66. The zero-order chi connectivity index (χ0) is 17.2. The summed E-state index contributed by atoms with van der Waals surface area (Å²) in [7, 11) is 1.71. The van der Waals surface area contributed by atoms with E-state index in [0.717, 1.165) is 44.0 Å². The number of ether oxygens (including phenoxy) is 1. The second kappa shape index (κ2) is 9.85. The van der Waals surface area contributed by atoms with Gasteiger partial charge in [0.1, 0.15) is 5.75 Å². The van der Waals surface area contributed by atoms with Gasteiger partial charge in [-0.25, -0.2) is 0 Å². The van der Waals surface area contributed by atoms with Crippen molar-refractivity contribution < 1.29 is 9.53 Å². The number of carbonyl (C=O) groups is 1. The van der Waals surface area contributed by atoms with Crippen LogP contribution < -0.4 is 15.0 Å². The van der Waals surface area contributed by atoms with Gasteiger partial charge in [-0.2, -0.15) is 0 Å². The highest BCUT2D eigenvalue weighted by atomic mass is 35.5. The average Bonchev–Trinajstić information content (AvgIpc) is 3.00. The molecule has 0 saturated carbocycles. The summed E-state index contributed by atoms with van der Waals surface area (Å²) < 4.78 is 5.47. The molecule has 0 spiro atoms. The third kappa shape index (κ3) is 5.01. The van der Waals surface area contributed by atoms with Crippen molar-refractivity contribution in [2.75, 3.05) is 38.2 Å². The van der Waals surface area contributed by atoms with Crippen LogP contribution in [0.1, 0.15) is 32.1 Å². The van der Waals surface area contributed by atoms with Crippen LogP contribution in [-0.2, 0) is 4.79 Å². The van der Waals surface area contributed by atoms with Crippen molar-refractivity contribution in [2.24, 2.45) is 5.92 Å². The third-order valence-corrected chi connectivity index (χ3v) is 6.09. The number of carbonyl (C=O) groups excluding carboxylic acids is 1. The first-order valence-corrected chi connectivity index (χ1v) is 9.64. The number of rotatable bonds is 4. The number of fused-ring (bicyclic) bond motifs is 2. The minimum atomic E-state index is 0. The summed E-state index contributed by atoms with van der Waals surface area (Å²) in [5.74, 6) is 1.84. The Bertz CT molecular complexity index is 611. The van der Waals surface area contributed by atoms with Gasteiger partial charge >= 0.3 is 0 Å². The second-order valence-corrected chi connectivity index (χ2v) is 7.72. The lowest BCUT2D eigenvalue weighted by molar-refractivity contribution is -0.132. The largest absolute Gasteiger partial charge is 0.495 e. The molecular formula is C20H31Cl2N3O2. The van der Waals surface area contributed by atoms with Crippen molar-refractivity contribution in [1.29, 1.82) is 0 Å². The van der Waals surface area contributed by atoms with Crippen LogP contribution >= 0.6 is 24.8 Å². The van der Waals surface area contributed by atoms with Crippen LogP contribution in [0, 0.1) is 5.92 Å². The minimum Gasteiger partial charge on any atom is -0.495 e. The van der Waals surface area contributed by atoms with Crippen LogP contribution in [0.2, 0.25) is 0 Å². The highest BCUT2D eigenvalue weighted by molar-refractivity contribution is 5.85. The van der Waals surface area contributed by atoms with E-state index in [-0.39, 0.29) is 24.8 Å². The summed E-state index contributed by atoms with van der Waals surface area (Å²) >= 11 is 0. The van der Waals surface area contributed by atoms with Gasteiger partial charge in [-0.05, 0) is 43.7 Å². The molecule has 3 heterocycles. The molecule has 1 aromatic rings. The van der Waals surface area contributed by atoms with Gasteiger partial charge in [0.15, 0.2) is 0 Å². The SMILES string of the molecule is COc1ccccc1N1CCN(C(=O)CC2CC3CCC(C2)N3)CC1.Cl.Cl. The van der Waals surface area contributed by atoms with Crippen LogP contribution in [-0.4, -0.2) is 56.2 Å². The molecule has 4 rings (SSSR count). The molecule has 5 nitrogen and oxygen atoms in total. The van der Waals surface area contributed by atoms with Crippen LogP contribution in [0.15, 0.2) is 24.3 Å². The van der Waals surface area contributed by atoms with Crippen molar-refractivity contribution in [3.05, 3.63) is 24.3 Å². The maximum absolute atomic E-state index is 12.7. The van der Waals surface area contributed by atoms with E-state index < -0.39 is 0 Å². The average molecular weight is 416 g/mol. The van der Waals surface area contributed by atoms with Gasteiger partial charge < -0.3 is 19.9 Å². The van der Waals surface area contributed by atoms with E-state index in [9.17, 15) is 4.79 Å². The number of nitrogens with one attached hydrogen (secondary N) is 1. The van der Waals surface area contributed by atoms with Crippen molar-refractivity contribution in [2.45, 2.75) is 44.2 Å². The van der Waals surface area contributed by atoms with Gasteiger partial charge in [0.05, 0.1) is 12.8 Å². The lowest BCUT2D eigenvalue weighted by atomic mass is 9.89. The number of nitrogens with zero attached hydrogens (tertiary/aromatic N) is 2.